The van der Waals surface area contributed by atoms with Gasteiger partial charge in [-0.3, -0.25) is 4.90 Å². The number of sulfone groups is 1. The Hall–Kier alpha value is -1.64. The van der Waals surface area contributed by atoms with Crippen molar-refractivity contribution in [2.24, 2.45) is 4.99 Å². The normalized spacial score (nSPS) is 16.6. The number of benzene rings is 1. The van der Waals surface area contributed by atoms with Crippen molar-refractivity contribution in [2.75, 3.05) is 45.1 Å². The van der Waals surface area contributed by atoms with Crippen molar-refractivity contribution in [3.05, 3.63) is 35.4 Å². The maximum absolute atomic E-state index is 12.3. The lowest BCUT2D eigenvalue weighted by Gasteiger charge is -2.27. The number of rotatable bonds is 8. The lowest BCUT2D eigenvalue weighted by Crippen LogP contribution is -2.41. The average Bonchev–Trinajstić information content (AvgIpc) is 2.67. The average molecular weight is 425 g/mol. The van der Waals surface area contributed by atoms with Crippen LogP contribution in [0, 0.1) is 0 Å². The maximum Gasteiger partial charge on any atom is 0.191 e. The molecule has 0 spiro atoms. The fourth-order valence-electron chi connectivity index (χ4n) is 2.98. The van der Waals surface area contributed by atoms with E-state index in [4.69, 9.17) is 4.74 Å². The summed E-state index contributed by atoms with van der Waals surface area (Å²) >= 11 is 0. The van der Waals surface area contributed by atoms with E-state index in [0.717, 1.165) is 32.8 Å². The van der Waals surface area contributed by atoms with Gasteiger partial charge in [-0.05, 0) is 38.8 Å². The number of aliphatic imine (C=N–C) groups is 1. The molecule has 2 N–H and O–H groups in total. The molecule has 0 saturated carbocycles. The molecular weight excluding hydrogens is 388 g/mol. The van der Waals surface area contributed by atoms with Gasteiger partial charge in [0.2, 0.25) is 0 Å². The highest BCUT2D eigenvalue weighted by Gasteiger charge is 2.28. The minimum absolute atomic E-state index is 0.0779. The first kappa shape index (κ1) is 23.6. The van der Waals surface area contributed by atoms with Crippen LogP contribution in [-0.2, 0) is 27.7 Å². The van der Waals surface area contributed by atoms with Gasteiger partial charge >= 0.3 is 0 Å². The molecule has 1 aliphatic rings. The Bertz CT molecular complexity index is 766. The van der Waals surface area contributed by atoms with E-state index in [0.29, 0.717) is 25.6 Å². The predicted molar refractivity (Wildman–Crippen MR) is 119 cm³/mol. The molecule has 29 heavy (non-hydrogen) atoms. The fourth-order valence-corrected chi connectivity index (χ4v) is 3.97. The third-order valence-corrected chi connectivity index (χ3v) is 7.57. The van der Waals surface area contributed by atoms with Crippen molar-refractivity contribution < 1.29 is 13.2 Å². The van der Waals surface area contributed by atoms with Crippen molar-refractivity contribution in [3.63, 3.8) is 0 Å². The lowest BCUT2D eigenvalue weighted by molar-refractivity contribution is 0.0341. The summed E-state index contributed by atoms with van der Waals surface area (Å²) in [5, 5.41) is 6.35. The van der Waals surface area contributed by atoms with Crippen LogP contribution < -0.4 is 10.6 Å². The van der Waals surface area contributed by atoms with E-state index in [9.17, 15) is 8.42 Å². The molecule has 1 aromatic carbocycles. The zero-order chi connectivity index (χ0) is 21.3. The van der Waals surface area contributed by atoms with E-state index in [1.807, 2.05) is 13.0 Å². The van der Waals surface area contributed by atoms with Gasteiger partial charge in [0.25, 0.3) is 0 Å². The summed E-state index contributed by atoms with van der Waals surface area (Å²) in [5.41, 5.74) is 2.45. The fraction of sp³-hybridized carbons (Fsp3) is 0.667. The molecule has 0 atom stereocenters. The van der Waals surface area contributed by atoms with Gasteiger partial charge in [0.1, 0.15) is 0 Å². The summed E-state index contributed by atoms with van der Waals surface area (Å²) in [6.45, 7) is 13.1. The molecule has 0 amide bonds. The van der Waals surface area contributed by atoms with E-state index in [2.05, 4.69) is 38.7 Å². The van der Waals surface area contributed by atoms with Crippen LogP contribution in [0.4, 0.5) is 0 Å². The Kier molecular flexibility index (Phi) is 8.92. The van der Waals surface area contributed by atoms with Crippen molar-refractivity contribution in [2.45, 2.75) is 45.5 Å². The number of hydrogen-bond acceptors (Lipinski definition) is 5. The lowest BCUT2D eigenvalue weighted by atomic mass is 10.1. The topological polar surface area (TPSA) is 83.0 Å². The van der Waals surface area contributed by atoms with Crippen molar-refractivity contribution in [1.29, 1.82) is 0 Å². The van der Waals surface area contributed by atoms with Crippen molar-refractivity contribution in [3.8, 4) is 0 Å². The third-order valence-electron chi connectivity index (χ3n) is 4.96. The first-order valence-corrected chi connectivity index (χ1v) is 12.0. The first-order valence-electron chi connectivity index (χ1n) is 10.3. The summed E-state index contributed by atoms with van der Waals surface area (Å²) in [4.78, 5) is 7.07. The second kappa shape index (κ2) is 10.9. The Morgan fingerprint density at radius 1 is 1.14 bits per heavy atom. The minimum Gasteiger partial charge on any atom is -0.379 e. The summed E-state index contributed by atoms with van der Waals surface area (Å²) in [5.74, 6) is 0.715. The number of ether oxygens (including phenoxy) is 1. The molecule has 0 aliphatic carbocycles. The summed E-state index contributed by atoms with van der Waals surface area (Å²) in [7, 11) is -3.16. The van der Waals surface area contributed by atoms with E-state index < -0.39 is 14.6 Å². The highest BCUT2D eigenvalue weighted by molar-refractivity contribution is 7.92. The second-order valence-electron chi connectivity index (χ2n) is 8.21. The third kappa shape index (κ3) is 7.60. The molecule has 1 aliphatic heterocycles. The zero-order valence-electron chi connectivity index (χ0n) is 18.2. The zero-order valence-corrected chi connectivity index (χ0v) is 19.0. The molecule has 0 radical (unpaired) electrons. The molecule has 0 bridgehead atoms. The highest BCUT2D eigenvalue weighted by atomic mass is 32.2. The van der Waals surface area contributed by atoms with Gasteiger partial charge < -0.3 is 15.4 Å². The van der Waals surface area contributed by atoms with Crippen LogP contribution in [0.3, 0.4) is 0 Å². The number of nitrogens with zero attached hydrogens (tertiary/aromatic N) is 2. The predicted octanol–water partition coefficient (Wildman–Crippen LogP) is 1.79. The standard InChI is InChI=1S/C21H36N4O3S/c1-5-22-20(23-10-15-29(26,27)21(2,3)4)24-16-18-8-6-7-9-19(18)17-25-11-13-28-14-12-25/h6-9H,5,10-17H2,1-4H3,(H2,22,23,24). The van der Waals surface area contributed by atoms with Gasteiger partial charge in [-0.2, -0.15) is 0 Å². The van der Waals surface area contributed by atoms with Gasteiger partial charge in [-0.1, -0.05) is 24.3 Å². The Balaban J connectivity index is 1.99. The van der Waals surface area contributed by atoms with Gasteiger partial charge in [-0.15, -0.1) is 0 Å². The summed E-state index contributed by atoms with van der Waals surface area (Å²) in [6, 6.07) is 8.34. The SMILES string of the molecule is CCNC(=NCc1ccccc1CN1CCOCC1)NCCS(=O)(=O)C(C)(C)C. The van der Waals surface area contributed by atoms with Crippen molar-refractivity contribution >= 4 is 15.8 Å². The largest absolute Gasteiger partial charge is 0.379 e. The summed E-state index contributed by atoms with van der Waals surface area (Å²) in [6.07, 6.45) is 0. The molecule has 1 saturated heterocycles. The molecule has 1 fully saturated rings. The van der Waals surface area contributed by atoms with Crippen molar-refractivity contribution in [1.82, 2.24) is 15.5 Å². The summed E-state index contributed by atoms with van der Waals surface area (Å²) < 4.78 is 29.3. The maximum atomic E-state index is 12.3. The Morgan fingerprint density at radius 3 is 2.41 bits per heavy atom. The van der Waals surface area contributed by atoms with Gasteiger partial charge in [0.05, 0.1) is 30.3 Å². The van der Waals surface area contributed by atoms with Crippen LogP contribution in [0.2, 0.25) is 0 Å². The Labute approximate surface area is 175 Å². The van der Waals surface area contributed by atoms with Gasteiger partial charge in [0, 0.05) is 32.7 Å². The molecule has 2 rings (SSSR count). The smallest absolute Gasteiger partial charge is 0.191 e. The molecular formula is C21H36N4O3S. The van der Waals surface area contributed by atoms with E-state index >= 15 is 0 Å². The van der Waals surface area contributed by atoms with Gasteiger partial charge in [-0.25, -0.2) is 13.4 Å². The first-order chi connectivity index (χ1) is 13.7. The number of morpholine rings is 1. The second-order valence-corrected chi connectivity index (χ2v) is 11.1. The number of guanidine groups is 1. The van der Waals surface area contributed by atoms with Crippen LogP contribution in [-0.4, -0.2) is 69.2 Å². The molecule has 0 unspecified atom stereocenters. The number of nitrogens with one attached hydrogen (secondary N) is 2. The molecule has 7 nitrogen and oxygen atoms in total. The van der Waals surface area contributed by atoms with Crippen LogP contribution in [0.1, 0.15) is 38.8 Å². The minimum atomic E-state index is -3.16. The van der Waals surface area contributed by atoms with E-state index in [1.165, 1.54) is 11.1 Å². The van der Waals surface area contributed by atoms with Gasteiger partial charge in [0.15, 0.2) is 15.8 Å². The molecule has 1 aromatic rings. The monoisotopic (exact) mass is 424 g/mol. The van der Waals surface area contributed by atoms with Crippen LogP contribution >= 0.6 is 0 Å². The van der Waals surface area contributed by atoms with Crippen LogP contribution in [0.15, 0.2) is 29.3 Å². The molecule has 0 aromatic heterocycles. The molecule has 164 valence electrons. The van der Waals surface area contributed by atoms with E-state index in [1.54, 1.807) is 20.8 Å². The highest BCUT2D eigenvalue weighted by Crippen LogP contribution is 2.16. The molecule has 8 heteroatoms. The Morgan fingerprint density at radius 2 is 1.79 bits per heavy atom. The van der Waals surface area contributed by atoms with E-state index in [-0.39, 0.29) is 5.75 Å². The quantitative estimate of drug-likeness (QED) is 0.489. The number of hydrogen-bond donors (Lipinski definition) is 2. The molecule has 1 heterocycles. The van der Waals surface area contributed by atoms with Crippen LogP contribution in [0.5, 0.6) is 0 Å². The van der Waals surface area contributed by atoms with Crippen LogP contribution in [0.25, 0.3) is 0 Å².